The Morgan fingerprint density at radius 3 is 2.78 bits per heavy atom. The lowest BCUT2D eigenvalue weighted by Gasteiger charge is -2.13. The predicted molar refractivity (Wildman–Crippen MR) is 92.4 cm³/mol. The van der Waals surface area contributed by atoms with Gasteiger partial charge in [0.15, 0.2) is 11.2 Å². The molecule has 1 heterocycles. The number of ether oxygens (including phenoxy) is 1. The van der Waals surface area contributed by atoms with Crippen LogP contribution in [-0.2, 0) is 4.79 Å². The monoisotopic (exact) mass is 394 g/mol. The number of hydrogen-bond donors (Lipinski definition) is 1. The molecule has 0 unspecified atom stereocenters. The van der Waals surface area contributed by atoms with Crippen LogP contribution in [0.4, 0.5) is 9.52 Å². The number of carbonyl (C=O) groups is 1. The summed E-state index contributed by atoms with van der Waals surface area (Å²) in [5.41, 5.74) is 0.646. The van der Waals surface area contributed by atoms with Gasteiger partial charge in [0.2, 0.25) is 0 Å². The van der Waals surface area contributed by atoms with E-state index in [-0.39, 0.29) is 11.7 Å². The van der Waals surface area contributed by atoms with E-state index >= 15 is 0 Å². The van der Waals surface area contributed by atoms with Crippen molar-refractivity contribution in [3.8, 4) is 5.75 Å². The zero-order valence-electron chi connectivity index (χ0n) is 12.0. The third kappa shape index (κ3) is 3.86. The summed E-state index contributed by atoms with van der Waals surface area (Å²) in [6.07, 6.45) is -0.681. The molecule has 0 saturated heterocycles. The molecule has 1 N–H and O–H groups in total. The average Bonchev–Trinajstić information content (AvgIpc) is 2.90. The maximum Gasteiger partial charge on any atom is 0.266 e. The van der Waals surface area contributed by atoms with Crippen molar-refractivity contribution < 1.29 is 13.9 Å². The van der Waals surface area contributed by atoms with Crippen LogP contribution in [0.25, 0.3) is 10.2 Å². The number of nitrogens with one attached hydrogen (secondary N) is 1. The Labute approximate surface area is 144 Å². The highest BCUT2D eigenvalue weighted by Crippen LogP contribution is 2.26. The maximum atomic E-state index is 13.2. The number of rotatable bonds is 4. The standard InChI is InChI=1S/C16H12BrFN2O2S/c1-9(22-12-5-2-10(17)3-6-12)15(21)20-16-19-13-7-4-11(18)8-14(13)23-16/h2-9H,1H3,(H,19,20,21)/t9-/m0/s1. The van der Waals surface area contributed by atoms with E-state index in [1.807, 2.05) is 12.1 Å². The Kier molecular flexibility index (Phi) is 4.58. The lowest BCUT2D eigenvalue weighted by atomic mass is 10.3. The van der Waals surface area contributed by atoms with Crippen LogP contribution in [0.3, 0.4) is 0 Å². The normalized spacial score (nSPS) is 12.1. The van der Waals surface area contributed by atoms with Crippen molar-refractivity contribution in [2.45, 2.75) is 13.0 Å². The van der Waals surface area contributed by atoms with Crippen LogP contribution in [0, 0.1) is 5.82 Å². The van der Waals surface area contributed by atoms with E-state index in [9.17, 15) is 9.18 Å². The van der Waals surface area contributed by atoms with E-state index in [0.717, 1.165) is 4.47 Å². The average molecular weight is 395 g/mol. The highest BCUT2D eigenvalue weighted by atomic mass is 79.9. The van der Waals surface area contributed by atoms with Gasteiger partial charge >= 0.3 is 0 Å². The van der Waals surface area contributed by atoms with Crippen molar-refractivity contribution >= 4 is 48.5 Å². The van der Waals surface area contributed by atoms with Crippen molar-refractivity contribution in [3.05, 3.63) is 52.8 Å². The molecule has 1 amide bonds. The molecule has 0 fully saturated rings. The summed E-state index contributed by atoms with van der Waals surface area (Å²) in [7, 11) is 0. The van der Waals surface area contributed by atoms with E-state index in [1.54, 1.807) is 25.1 Å². The van der Waals surface area contributed by atoms with Crippen molar-refractivity contribution in [1.29, 1.82) is 0 Å². The van der Waals surface area contributed by atoms with Gasteiger partial charge in [0.1, 0.15) is 11.6 Å². The maximum absolute atomic E-state index is 13.2. The number of benzene rings is 2. The number of fused-ring (bicyclic) bond motifs is 1. The van der Waals surface area contributed by atoms with E-state index < -0.39 is 6.10 Å². The molecular formula is C16H12BrFN2O2S. The molecule has 1 aromatic heterocycles. The van der Waals surface area contributed by atoms with Gasteiger partial charge in [0.25, 0.3) is 5.91 Å². The second-order valence-corrected chi connectivity index (χ2v) is 6.78. The van der Waals surface area contributed by atoms with Crippen LogP contribution in [0.15, 0.2) is 46.9 Å². The first-order valence-electron chi connectivity index (χ1n) is 6.80. The highest BCUT2D eigenvalue weighted by Gasteiger charge is 2.17. The molecule has 3 aromatic rings. The fourth-order valence-corrected chi connectivity index (χ4v) is 3.09. The number of carbonyl (C=O) groups excluding carboxylic acids is 1. The number of anilines is 1. The van der Waals surface area contributed by atoms with Gasteiger partial charge in [0, 0.05) is 4.47 Å². The second-order valence-electron chi connectivity index (χ2n) is 4.83. The smallest absolute Gasteiger partial charge is 0.266 e. The number of thiazole rings is 1. The summed E-state index contributed by atoms with van der Waals surface area (Å²) in [6.45, 7) is 1.66. The molecule has 23 heavy (non-hydrogen) atoms. The summed E-state index contributed by atoms with van der Waals surface area (Å²) in [5.74, 6) is -0.0411. The van der Waals surface area contributed by atoms with Gasteiger partial charge in [-0.3, -0.25) is 10.1 Å². The minimum atomic E-state index is -0.681. The summed E-state index contributed by atoms with van der Waals surface area (Å²) in [5, 5.41) is 3.11. The van der Waals surface area contributed by atoms with Crippen LogP contribution in [0.1, 0.15) is 6.92 Å². The van der Waals surface area contributed by atoms with Crippen LogP contribution >= 0.6 is 27.3 Å². The van der Waals surface area contributed by atoms with Gasteiger partial charge in [-0.1, -0.05) is 27.3 Å². The molecule has 4 nitrogen and oxygen atoms in total. The Bertz CT molecular complexity index is 851. The summed E-state index contributed by atoms with van der Waals surface area (Å²) >= 11 is 4.56. The molecule has 0 saturated carbocycles. The minimum absolute atomic E-state index is 0.313. The molecule has 3 rings (SSSR count). The lowest BCUT2D eigenvalue weighted by Crippen LogP contribution is -2.30. The number of aromatic nitrogens is 1. The molecule has 0 aliphatic heterocycles. The summed E-state index contributed by atoms with van der Waals surface area (Å²) in [4.78, 5) is 16.4. The molecule has 118 valence electrons. The summed E-state index contributed by atoms with van der Waals surface area (Å²) in [6, 6.07) is 11.5. The first-order chi connectivity index (χ1) is 11.0. The zero-order chi connectivity index (χ0) is 16.4. The topological polar surface area (TPSA) is 51.2 Å². The number of hydrogen-bond acceptors (Lipinski definition) is 4. The number of nitrogens with zero attached hydrogens (tertiary/aromatic N) is 1. The summed E-state index contributed by atoms with van der Waals surface area (Å²) < 4.78 is 20.4. The minimum Gasteiger partial charge on any atom is -0.481 e. The van der Waals surface area contributed by atoms with Crippen LogP contribution in [0.2, 0.25) is 0 Å². The zero-order valence-corrected chi connectivity index (χ0v) is 14.4. The highest BCUT2D eigenvalue weighted by molar-refractivity contribution is 9.10. The molecule has 2 aromatic carbocycles. The Hall–Kier alpha value is -1.99. The second kappa shape index (κ2) is 6.64. The molecular weight excluding hydrogens is 383 g/mol. The van der Waals surface area contributed by atoms with Crippen molar-refractivity contribution in [2.24, 2.45) is 0 Å². The third-order valence-corrected chi connectivity index (χ3v) is 4.54. The molecule has 0 aliphatic carbocycles. The first kappa shape index (κ1) is 15.9. The quantitative estimate of drug-likeness (QED) is 0.702. The SMILES string of the molecule is C[C@H](Oc1ccc(Br)cc1)C(=O)Nc1nc2ccc(F)cc2s1. The Balaban J connectivity index is 1.68. The molecule has 0 bridgehead atoms. The van der Waals surface area contributed by atoms with Crippen molar-refractivity contribution in [1.82, 2.24) is 4.98 Å². The molecule has 1 atom stereocenters. The number of amides is 1. The van der Waals surface area contributed by atoms with E-state index in [1.165, 1.54) is 23.5 Å². The van der Waals surface area contributed by atoms with Gasteiger partial charge in [-0.25, -0.2) is 9.37 Å². The Morgan fingerprint density at radius 2 is 2.04 bits per heavy atom. The fourth-order valence-electron chi connectivity index (χ4n) is 1.93. The van der Waals surface area contributed by atoms with Gasteiger partial charge in [0.05, 0.1) is 10.2 Å². The van der Waals surface area contributed by atoms with Gasteiger partial charge < -0.3 is 4.74 Å². The largest absolute Gasteiger partial charge is 0.481 e. The van der Waals surface area contributed by atoms with Gasteiger partial charge in [-0.05, 0) is 49.4 Å². The van der Waals surface area contributed by atoms with Crippen molar-refractivity contribution in [3.63, 3.8) is 0 Å². The van der Waals surface area contributed by atoms with Crippen LogP contribution < -0.4 is 10.1 Å². The van der Waals surface area contributed by atoms with Crippen molar-refractivity contribution in [2.75, 3.05) is 5.32 Å². The first-order valence-corrected chi connectivity index (χ1v) is 8.41. The fraction of sp³-hybridized carbons (Fsp3) is 0.125. The predicted octanol–water partition coefficient (Wildman–Crippen LogP) is 4.60. The molecule has 7 heteroatoms. The van der Waals surface area contributed by atoms with E-state index in [0.29, 0.717) is 21.1 Å². The number of halogens is 2. The molecule has 0 radical (unpaired) electrons. The lowest BCUT2D eigenvalue weighted by molar-refractivity contribution is -0.122. The molecule has 0 spiro atoms. The Morgan fingerprint density at radius 1 is 1.30 bits per heavy atom. The molecule has 0 aliphatic rings. The van der Waals surface area contributed by atoms with E-state index in [4.69, 9.17) is 4.74 Å². The third-order valence-electron chi connectivity index (χ3n) is 3.08. The van der Waals surface area contributed by atoms with Gasteiger partial charge in [-0.15, -0.1) is 0 Å². The van der Waals surface area contributed by atoms with Gasteiger partial charge in [-0.2, -0.15) is 0 Å². The van der Waals surface area contributed by atoms with E-state index in [2.05, 4.69) is 26.2 Å². The van der Waals surface area contributed by atoms with Crippen LogP contribution in [0.5, 0.6) is 5.75 Å². The van der Waals surface area contributed by atoms with Crippen LogP contribution in [-0.4, -0.2) is 17.0 Å².